The van der Waals surface area contributed by atoms with Gasteiger partial charge < -0.3 is 16.2 Å². The lowest BCUT2D eigenvalue weighted by Crippen LogP contribution is -2.20. The molecule has 0 spiro atoms. The quantitative estimate of drug-likeness (QED) is 0.776. The van der Waals surface area contributed by atoms with Crippen LogP contribution >= 0.6 is 15.9 Å². The molecule has 1 rings (SSSR count). The van der Waals surface area contributed by atoms with Gasteiger partial charge in [0.2, 0.25) is 0 Å². The molecule has 0 aromatic heterocycles. The molecule has 0 bridgehead atoms. The van der Waals surface area contributed by atoms with Crippen molar-refractivity contribution in [2.24, 2.45) is 5.73 Å². The second-order valence-corrected chi connectivity index (χ2v) is 3.35. The zero-order chi connectivity index (χ0) is 9.84. The summed E-state index contributed by atoms with van der Waals surface area (Å²) in [5, 5.41) is 0. The van der Waals surface area contributed by atoms with Gasteiger partial charge in [0.1, 0.15) is 5.75 Å². The molecule has 4 N–H and O–H groups in total. The van der Waals surface area contributed by atoms with Crippen molar-refractivity contribution in [3.05, 3.63) is 22.7 Å². The highest BCUT2D eigenvalue weighted by Gasteiger charge is 2.02. The van der Waals surface area contributed by atoms with E-state index >= 15 is 0 Å². The van der Waals surface area contributed by atoms with Crippen LogP contribution in [-0.2, 0) is 4.79 Å². The lowest BCUT2D eigenvalue weighted by molar-refractivity contribution is -0.119. The Kier molecular flexibility index (Phi) is 3.13. The summed E-state index contributed by atoms with van der Waals surface area (Å²) >= 11 is 3.25. The van der Waals surface area contributed by atoms with E-state index in [1.807, 2.05) is 0 Å². The van der Waals surface area contributed by atoms with Crippen molar-refractivity contribution < 1.29 is 9.53 Å². The third-order valence-electron chi connectivity index (χ3n) is 1.34. The van der Waals surface area contributed by atoms with Crippen molar-refractivity contribution in [3.8, 4) is 5.75 Å². The second-order valence-electron chi connectivity index (χ2n) is 2.44. The molecular weight excluding hydrogens is 236 g/mol. The lowest BCUT2D eigenvalue weighted by atomic mass is 10.3. The molecule has 0 aliphatic carbocycles. The molecule has 1 amide bonds. The maximum Gasteiger partial charge on any atom is 0.255 e. The van der Waals surface area contributed by atoms with Crippen molar-refractivity contribution >= 4 is 27.5 Å². The van der Waals surface area contributed by atoms with Gasteiger partial charge >= 0.3 is 0 Å². The summed E-state index contributed by atoms with van der Waals surface area (Å²) in [5.41, 5.74) is 11.0. The van der Waals surface area contributed by atoms with Crippen LogP contribution < -0.4 is 16.2 Å². The van der Waals surface area contributed by atoms with Crippen molar-refractivity contribution in [2.75, 3.05) is 12.3 Å². The molecule has 1 aromatic rings. The van der Waals surface area contributed by atoms with E-state index in [0.717, 1.165) is 4.47 Å². The molecule has 0 saturated heterocycles. The van der Waals surface area contributed by atoms with E-state index in [4.69, 9.17) is 16.2 Å². The molecule has 4 nitrogen and oxygen atoms in total. The van der Waals surface area contributed by atoms with Gasteiger partial charge in [0.25, 0.3) is 5.91 Å². The van der Waals surface area contributed by atoms with Gasteiger partial charge in [0.05, 0.1) is 5.69 Å². The van der Waals surface area contributed by atoms with Crippen LogP contribution in [0.25, 0.3) is 0 Å². The van der Waals surface area contributed by atoms with Crippen LogP contribution in [0.1, 0.15) is 0 Å². The average molecular weight is 245 g/mol. The SMILES string of the molecule is NC(=O)COc1ccc(Br)cc1N. The number of hydrogen-bond donors (Lipinski definition) is 2. The van der Waals surface area contributed by atoms with Crippen LogP contribution in [0.5, 0.6) is 5.75 Å². The topological polar surface area (TPSA) is 78.3 Å². The lowest BCUT2D eigenvalue weighted by Gasteiger charge is -2.06. The van der Waals surface area contributed by atoms with Gasteiger partial charge in [-0.3, -0.25) is 4.79 Å². The first kappa shape index (κ1) is 9.85. The van der Waals surface area contributed by atoms with E-state index in [1.54, 1.807) is 18.2 Å². The Bertz CT molecular complexity index is 328. The summed E-state index contributed by atoms with van der Waals surface area (Å²) in [6.07, 6.45) is 0. The van der Waals surface area contributed by atoms with Gasteiger partial charge in [-0.15, -0.1) is 0 Å². The molecule has 0 aliphatic rings. The number of nitrogens with two attached hydrogens (primary N) is 2. The number of benzene rings is 1. The third-order valence-corrected chi connectivity index (χ3v) is 1.84. The highest BCUT2D eigenvalue weighted by Crippen LogP contribution is 2.24. The first-order chi connectivity index (χ1) is 6.09. The van der Waals surface area contributed by atoms with Gasteiger partial charge in [-0.05, 0) is 18.2 Å². The molecule has 0 fully saturated rings. The summed E-state index contributed by atoms with van der Waals surface area (Å²) < 4.78 is 5.89. The minimum Gasteiger partial charge on any atom is -0.482 e. The van der Waals surface area contributed by atoms with Crippen LogP contribution in [0, 0.1) is 0 Å². The molecule has 5 heteroatoms. The molecule has 13 heavy (non-hydrogen) atoms. The highest BCUT2D eigenvalue weighted by molar-refractivity contribution is 9.10. The zero-order valence-electron chi connectivity index (χ0n) is 6.79. The van der Waals surface area contributed by atoms with E-state index in [9.17, 15) is 4.79 Å². The Morgan fingerprint density at radius 1 is 1.54 bits per heavy atom. The molecule has 1 aromatic carbocycles. The van der Waals surface area contributed by atoms with Crippen LogP contribution in [0.4, 0.5) is 5.69 Å². The van der Waals surface area contributed by atoms with E-state index < -0.39 is 5.91 Å². The monoisotopic (exact) mass is 244 g/mol. The Morgan fingerprint density at radius 3 is 2.77 bits per heavy atom. The largest absolute Gasteiger partial charge is 0.482 e. The summed E-state index contributed by atoms with van der Waals surface area (Å²) in [6.45, 7) is -0.161. The molecule has 0 radical (unpaired) electrons. The van der Waals surface area contributed by atoms with Gasteiger partial charge in [0.15, 0.2) is 6.61 Å². The third kappa shape index (κ3) is 2.95. The zero-order valence-corrected chi connectivity index (χ0v) is 8.37. The van der Waals surface area contributed by atoms with Crippen molar-refractivity contribution in [1.82, 2.24) is 0 Å². The number of nitrogen functional groups attached to an aromatic ring is 1. The number of rotatable bonds is 3. The summed E-state index contributed by atoms with van der Waals surface area (Å²) in [7, 11) is 0. The molecule has 0 saturated carbocycles. The Balaban J connectivity index is 2.72. The maximum absolute atomic E-state index is 10.4. The molecule has 0 heterocycles. The second kappa shape index (κ2) is 4.13. The number of amides is 1. The summed E-state index contributed by atoms with van der Waals surface area (Å²) in [6, 6.07) is 5.13. The fraction of sp³-hybridized carbons (Fsp3) is 0.125. The number of primary amides is 1. The van der Waals surface area contributed by atoms with Gasteiger partial charge in [-0.2, -0.15) is 0 Å². The van der Waals surface area contributed by atoms with Crippen LogP contribution in [-0.4, -0.2) is 12.5 Å². The highest BCUT2D eigenvalue weighted by atomic mass is 79.9. The van der Waals surface area contributed by atoms with Crippen molar-refractivity contribution in [1.29, 1.82) is 0 Å². The minimum absolute atomic E-state index is 0.161. The number of anilines is 1. The van der Waals surface area contributed by atoms with Gasteiger partial charge in [0, 0.05) is 4.47 Å². The molecular formula is C8H9BrN2O2. The fourth-order valence-electron chi connectivity index (χ4n) is 0.800. The number of carbonyl (C=O) groups is 1. The Morgan fingerprint density at radius 2 is 2.23 bits per heavy atom. The van der Waals surface area contributed by atoms with Crippen LogP contribution in [0.2, 0.25) is 0 Å². The predicted octanol–water partition coefficient (Wildman–Crippen LogP) is 0.895. The van der Waals surface area contributed by atoms with E-state index in [1.165, 1.54) is 0 Å². The maximum atomic E-state index is 10.4. The number of halogens is 1. The van der Waals surface area contributed by atoms with E-state index in [0.29, 0.717) is 11.4 Å². The molecule has 0 aliphatic heterocycles. The number of ether oxygens (including phenoxy) is 1. The first-order valence-corrected chi connectivity index (χ1v) is 4.35. The molecule has 70 valence electrons. The van der Waals surface area contributed by atoms with E-state index in [2.05, 4.69) is 15.9 Å². The molecule has 0 atom stereocenters. The van der Waals surface area contributed by atoms with Crippen LogP contribution in [0.15, 0.2) is 22.7 Å². The van der Waals surface area contributed by atoms with Crippen molar-refractivity contribution in [2.45, 2.75) is 0 Å². The fourth-order valence-corrected chi connectivity index (χ4v) is 1.18. The standard InChI is InChI=1S/C8H9BrN2O2/c9-5-1-2-7(6(10)3-5)13-4-8(11)12/h1-3H,4,10H2,(H2,11,12). The average Bonchev–Trinajstić information content (AvgIpc) is 2.02. The first-order valence-electron chi connectivity index (χ1n) is 3.55. The Labute approximate surface area is 84.0 Å². The van der Waals surface area contributed by atoms with Gasteiger partial charge in [-0.1, -0.05) is 15.9 Å². The predicted molar refractivity (Wildman–Crippen MR) is 53.2 cm³/mol. The smallest absolute Gasteiger partial charge is 0.255 e. The van der Waals surface area contributed by atoms with Gasteiger partial charge in [-0.25, -0.2) is 0 Å². The summed E-state index contributed by atoms with van der Waals surface area (Å²) in [5.74, 6) is -0.0654. The number of carbonyl (C=O) groups excluding carboxylic acids is 1. The minimum atomic E-state index is -0.526. The Hall–Kier alpha value is -1.23. The summed E-state index contributed by atoms with van der Waals surface area (Å²) in [4.78, 5) is 10.4. The molecule has 0 unspecified atom stereocenters. The normalized spacial score (nSPS) is 9.62. The number of hydrogen-bond acceptors (Lipinski definition) is 3. The van der Waals surface area contributed by atoms with Crippen molar-refractivity contribution in [3.63, 3.8) is 0 Å². The van der Waals surface area contributed by atoms with E-state index in [-0.39, 0.29) is 6.61 Å². The van der Waals surface area contributed by atoms with Crippen LogP contribution in [0.3, 0.4) is 0 Å².